The Balaban J connectivity index is 2.10. The van der Waals surface area contributed by atoms with E-state index in [1.807, 2.05) is 35.7 Å². The maximum absolute atomic E-state index is 10.0. The molecule has 16 heavy (non-hydrogen) atoms. The lowest BCUT2D eigenvalue weighted by Gasteiger charge is -2.08. The third-order valence-corrected chi connectivity index (χ3v) is 4.26. The van der Waals surface area contributed by atoms with Crippen molar-refractivity contribution in [3.8, 4) is 0 Å². The minimum atomic E-state index is -0.463. The largest absolute Gasteiger partial charge is 0.387 e. The Labute approximate surface area is 112 Å². The highest BCUT2D eigenvalue weighted by Gasteiger charge is 2.10. The summed E-state index contributed by atoms with van der Waals surface area (Å²) in [6.07, 6.45) is 0.128. The Morgan fingerprint density at radius 2 is 2.19 bits per heavy atom. The third-order valence-electron chi connectivity index (χ3n) is 2.23. The molecule has 0 aliphatic rings. The Bertz CT molecular complexity index is 483. The second-order valence-electron chi connectivity index (χ2n) is 3.52. The molecule has 1 unspecified atom stereocenters. The van der Waals surface area contributed by atoms with Crippen LogP contribution in [0, 0.1) is 0 Å². The molecule has 84 valence electrons. The van der Waals surface area contributed by atoms with Crippen LogP contribution in [0.15, 0.2) is 40.2 Å². The molecule has 0 fully saturated rings. The average Bonchev–Trinajstić information content (AvgIpc) is 2.65. The smallest absolute Gasteiger partial charge is 0.0922 e. The fourth-order valence-corrected chi connectivity index (χ4v) is 3.13. The first-order valence-electron chi connectivity index (χ1n) is 4.81. The lowest BCUT2D eigenvalue weighted by Crippen LogP contribution is -1.99. The SMILES string of the molecule is OC(Cc1cccc(Cl)c1)c1cc(Br)cs1. The Morgan fingerprint density at radius 1 is 1.38 bits per heavy atom. The number of rotatable bonds is 3. The summed E-state index contributed by atoms with van der Waals surface area (Å²) in [6, 6.07) is 9.53. The second-order valence-corrected chi connectivity index (χ2v) is 5.81. The molecule has 1 aromatic heterocycles. The summed E-state index contributed by atoms with van der Waals surface area (Å²) >= 11 is 10.8. The van der Waals surface area contributed by atoms with Gasteiger partial charge in [-0.15, -0.1) is 11.3 Å². The molecule has 0 aliphatic heterocycles. The van der Waals surface area contributed by atoms with Crippen LogP contribution in [0.2, 0.25) is 5.02 Å². The molecule has 1 heterocycles. The van der Waals surface area contributed by atoms with Crippen molar-refractivity contribution >= 4 is 38.9 Å². The van der Waals surface area contributed by atoms with Gasteiger partial charge in [0.25, 0.3) is 0 Å². The van der Waals surface area contributed by atoms with Gasteiger partial charge in [0.1, 0.15) is 0 Å². The molecule has 2 rings (SSSR count). The monoisotopic (exact) mass is 316 g/mol. The van der Waals surface area contributed by atoms with Crippen molar-refractivity contribution in [3.63, 3.8) is 0 Å². The van der Waals surface area contributed by atoms with Crippen molar-refractivity contribution in [3.05, 3.63) is 55.6 Å². The molecule has 0 saturated heterocycles. The normalized spacial score (nSPS) is 12.7. The summed E-state index contributed by atoms with van der Waals surface area (Å²) in [7, 11) is 0. The van der Waals surface area contributed by atoms with E-state index in [1.165, 1.54) is 0 Å². The Kier molecular flexibility index (Phi) is 4.03. The fraction of sp³-hybridized carbons (Fsp3) is 0.167. The fourth-order valence-electron chi connectivity index (χ4n) is 1.49. The van der Waals surface area contributed by atoms with E-state index < -0.39 is 6.10 Å². The molecule has 0 spiro atoms. The number of aliphatic hydroxyl groups is 1. The van der Waals surface area contributed by atoms with Gasteiger partial charge in [-0.05, 0) is 39.7 Å². The molecule has 0 radical (unpaired) electrons. The lowest BCUT2D eigenvalue weighted by molar-refractivity contribution is 0.182. The molecule has 0 saturated carbocycles. The van der Waals surface area contributed by atoms with Crippen molar-refractivity contribution in [1.29, 1.82) is 0 Å². The second kappa shape index (κ2) is 5.32. The summed E-state index contributed by atoms with van der Waals surface area (Å²) in [4.78, 5) is 0.965. The van der Waals surface area contributed by atoms with Crippen molar-refractivity contribution < 1.29 is 5.11 Å². The van der Waals surface area contributed by atoms with Gasteiger partial charge in [-0.25, -0.2) is 0 Å². The van der Waals surface area contributed by atoms with Gasteiger partial charge in [0.15, 0.2) is 0 Å². The minimum Gasteiger partial charge on any atom is -0.387 e. The molecule has 1 nitrogen and oxygen atoms in total. The van der Waals surface area contributed by atoms with Crippen LogP contribution >= 0.6 is 38.9 Å². The standard InChI is InChI=1S/C12H10BrClOS/c13-9-6-12(16-7-9)11(15)5-8-2-1-3-10(14)4-8/h1-4,6-7,11,15H,5H2. The van der Waals surface area contributed by atoms with E-state index in [9.17, 15) is 5.11 Å². The van der Waals surface area contributed by atoms with Crippen LogP contribution in [0.25, 0.3) is 0 Å². The predicted molar refractivity (Wildman–Crippen MR) is 72.1 cm³/mol. The number of hydrogen-bond donors (Lipinski definition) is 1. The number of halogens is 2. The number of benzene rings is 1. The van der Waals surface area contributed by atoms with Crippen molar-refractivity contribution in [1.82, 2.24) is 0 Å². The van der Waals surface area contributed by atoms with Crippen LogP contribution in [0.1, 0.15) is 16.5 Å². The summed E-state index contributed by atoms with van der Waals surface area (Å²) < 4.78 is 1.01. The highest BCUT2D eigenvalue weighted by Crippen LogP contribution is 2.28. The van der Waals surface area contributed by atoms with Crippen LogP contribution < -0.4 is 0 Å². The third kappa shape index (κ3) is 3.08. The first-order valence-corrected chi connectivity index (χ1v) is 6.86. The van der Waals surface area contributed by atoms with Gasteiger partial charge in [-0.1, -0.05) is 23.7 Å². The van der Waals surface area contributed by atoms with E-state index in [2.05, 4.69) is 15.9 Å². The highest BCUT2D eigenvalue weighted by atomic mass is 79.9. The van der Waals surface area contributed by atoms with Crippen LogP contribution in [-0.2, 0) is 6.42 Å². The summed E-state index contributed by atoms with van der Waals surface area (Å²) in [5, 5.41) is 12.7. The molecule has 1 atom stereocenters. The molecular weight excluding hydrogens is 308 g/mol. The van der Waals surface area contributed by atoms with Gasteiger partial charge in [0, 0.05) is 26.2 Å². The molecular formula is C12H10BrClOS. The summed E-state index contributed by atoms with van der Waals surface area (Å²) in [6.45, 7) is 0. The Morgan fingerprint density at radius 3 is 2.81 bits per heavy atom. The molecule has 2 aromatic rings. The van der Waals surface area contributed by atoms with E-state index in [4.69, 9.17) is 11.6 Å². The van der Waals surface area contributed by atoms with Gasteiger partial charge in [0.05, 0.1) is 6.10 Å². The molecule has 1 N–H and O–H groups in total. The first kappa shape index (κ1) is 12.1. The topological polar surface area (TPSA) is 20.2 Å². The number of thiophene rings is 1. The highest BCUT2D eigenvalue weighted by molar-refractivity contribution is 9.10. The molecule has 0 aliphatic carbocycles. The van der Waals surface area contributed by atoms with E-state index in [0.717, 1.165) is 14.9 Å². The van der Waals surface area contributed by atoms with E-state index in [1.54, 1.807) is 11.3 Å². The zero-order chi connectivity index (χ0) is 11.5. The van der Waals surface area contributed by atoms with Crippen LogP contribution in [0.5, 0.6) is 0 Å². The van der Waals surface area contributed by atoms with Crippen molar-refractivity contribution in [2.75, 3.05) is 0 Å². The van der Waals surface area contributed by atoms with Crippen LogP contribution in [0.4, 0.5) is 0 Å². The maximum Gasteiger partial charge on any atom is 0.0922 e. The number of hydrogen-bond acceptors (Lipinski definition) is 2. The van der Waals surface area contributed by atoms with E-state index in [0.29, 0.717) is 11.4 Å². The van der Waals surface area contributed by atoms with E-state index in [-0.39, 0.29) is 0 Å². The zero-order valence-corrected chi connectivity index (χ0v) is 11.5. The van der Waals surface area contributed by atoms with Gasteiger partial charge in [0.2, 0.25) is 0 Å². The van der Waals surface area contributed by atoms with Crippen molar-refractivity contribution in [2.45, 2.75) is 12.5 Å². The number of aliphatic hydroxyl groups excluding tert-OH is 1. The molecule has 4 heteroatoms. The molecule has 1 aromatic carbocycles. The average molecular weight is 318 g/mol. The Hall–Kier alpha value is -0.350. The van der Waals surface area contributed by atoms with Crippen molar-refractivity contribution in [2.24, 2.45) is 0 Å². The van der Waals surface area contributed by atoms with Gasteiger partial charge >= 0.3 is 0 Å². The lowest BCUT2D eigenvalue weighted by atomic mass is 10.1. The first-order chi connectivity index (χ1) is 7.65. The van der Waals surface area contributed by atoms with Crippen LogP contribution in [-0.4, -0.2) is 5.11 Å². The minimum absolute atomic E-state index is 0.463. The van der Waals surface area contributed by atoms with Gasteiger partial charge < -0.3 is 5.11 Å². The van der Waals surface area contributed by atoms with E-state index >= 15 is 0 Å². The quantitative estimate of drug-likeness (QED) is 0.887. The molecule has 0 amide bonds. The van der Waals surface area contributed by atoms with Gasteiger partial charge in [-0.3, -0.25) is 0 Å². The van der Waals surface area contributed by atoms with Gasteiger partial charge in [-0.2, -0.15) is 0 Å². The summed E-state index contributed by atoms with van der Waals surface area (Å²) in [5.74, 6) is 0. The summed E-state index contributed by atoms with van der Waals surface area (Å²) in [5.41, 5.74) is 1.05. The zero-order valence-electron chi connectivity index (χ0n) is 8.36. The maximum atomic E-state index is 10.0. The van der Waals surface area contributed by atoms with Crippen LogP contribution in [0.3, 0.4) is 0 Å². The molecule has 0 bridgehead atoms. The predicted octanol–water partition coefficient (Wildman–Crippen LogP) is 4.44.